The fourth-order valence-corrected chi connectivity index (χ4v) is 2.69. The number of aryl methyl sites for hydroxylation is 2. The zero-order chi connectivity index (χ0) is 12.0. The largest absolute Gasteiger partial charge is 0.440 e. The Morgan fingerprint density at radius 3 is 2.82 bits per heavy atom. The van der Waals surface area contributed by atoms with E-state index in [9.17, 15) is 0 Å². The Morgan fingerprint density at radius 2 is 2.12 bits per heavy atom. The lowest BCUT2D eigenvalue weighted by molar-refractivity contribution is 0.434. The number of hydrogen-bond donors (Lipinski definition) is 1. The third kappa shape index (κ3) is 1.75. The van der Waals surface area contributed by atoms with Crippen molar-refractivity contribution in [2.24, 2.45) is 5.92 Å². The predicted molar refractivity (Wildman–Crippen MR) is 68.3 cm³/mol. The van der Waals surface area contributed by atoms with Crippen LogP contribution in [-0.2, 0) is 0 Å². The van der Waals surface area contributed by atoms with Gasteiger partial charge in [-0.25, -0.2) is 4.98 Å². The first kappa shape index (κ1) is 10.8. The van der Waals surface area contributed by atoms with Gasteiger partial charge in [0.05, 0.1) is 5.92 Å². The standard InChI is InChI=1S/C14H18N2O/c1-8-4-9(2)13-12(5-8)16-14(17-13)11-7-15-6-10(11)3/h4-5,10-11,15H,6-7H2,1-3H3/t10-,11-/m1/s1. The molecule has 0 saturated carbocycles. The molecule has 0 aliphatic carbocycles. The van der Waals surface area contributed by atoms with Crippen LogP contribution in [0.2, 0.25) is 0 Å². The average Bonchev–Trinajstić information content (AvgIpc) is 2.83. The minimum atomic E-state index is 0.419. The fraction of sp³-hybridized carbons (Fsp3) is 0.500. The molecule has 0 amide bonds. The molecule has 3 rings (SSSR count). The van der Waals surface area contributed by atoms with Gasteiger partial charge in [-0.05, 0) is 43.5 Å². The second-order valence-electron chi connectivity index (χ2n) is 5.22. The van der Waals surface area contributed by atoms with Gasteiger partial charge in [-0.1, -0.05) is 13.0 Å². The highest BCUT2D eigenvalue weighted by molar-refractivity contribution is 5.77. The van der Waals surface area contributed by atoms with Crippen molar-refractivity contribution in [2.45, 2.75) is 26.7 Å². The minimum Gasteiger partial charge on any atom is -0.440 e. The van der Waals surface area contributed by atoms with Gasteiger partial charge in [-0.2, -0.15) is 0 Å². The van der Waals surface area contributed by atoms with Crippen LogP contribution in [0.5, 0.6) is 0 Å². The minimum absolute atomic E-state index is 0.419. The van der Waals surface area contributed by atoms with Crippen LogP contribution in [0.1, 0.15) is 29.9 Å². The van der Waals surface area contributed by atoms with Crippen molar-refractivity contribution in [1.29, 1.82) is 0 Å². The number of hydrogen-bond acceptors (Lipinski definition) is 3. The topological polar surface area (TPSA) is 38.1 Å². The maximum Gasteiger partial charge on any atom is 0.200 e. The molecule has 2 heterocycles. The SMILES string of the molecule is Cc1cc(C)c2oc([C@@H]3CNC[C@H]3C)nc2c1. The number of nitrogens with one attached hydrogen (secondary N) is 1. The molecule has 1 N–H and O–H groups in total. The van der Waals surface area contributed by atoms with E-state index in [1.807, 2.05) is 0 Å². The van der Waals surface area contributed by atoms with Crippen molar-refractivity contribution >= 4 is 11.1 Å². The Morgan fingerprint density at radius 1 is 1.29 bits per heavy atom. The van der Waals surface area contributed by atoms with Crippen molar-refractivity contribution in [1.82, 2.24) is 10.3 Å². The van der Waals surface area contributed by atoms with Gasteiger partial charge in [0.1, 0.15) is 5.52 Å². The zero-order valence-corrected chi connectivity index (χ0v) is 10.6. The predicted octanol–water partition coefficient (Wildman–Crippen LogP) is 2.77. The van der Waals surface area contributed by atoms with E-state index < -0.39 is 0 Å². The highest BCUT2D eigenvalue weighted by Gasteiger charge is 2.29. The van der Waals surface area contributed by atoms with Crippen LogP contribution in [0.4, 0.5) is 0 Å². The molecule has 0 unspecified atom stereocenters. The summed E-state index contributed by atoms with van der Waals surface area (Å²) in [5.74, 6) is 1.91. The van der Waals surface area contributed by atoms with Crippen molar-refractivity contribution in [3.63, 3.8) is 0 Å². The summed E-state index contributed by atoms with van der Waals surface area (Å²) >= 11 is 0. The van der Waals surface area contributed by atoms with E-state index in [4.69, 9.17) is 4.42 Å². The Hall–Kier alpha value is -1.35. The van der Waals surface area contributed by atoms with E-state index in [-0.39, 0.29) is 0 Å². The van der Waals surface area contributed by atoms with Gasteiger partial charge in [-0.15, -0.1) is 0 Å². The Bertz CT molecular complexity index is 559. The first-order valence-corrected chi connectivity index (χ1v) is 6.23. The molecule has 1 fully saturated rings. The molecule has 1 saturated heterocycles. The first-order chi connectivity index (χ1) is 8.15. The van der Waals surface area contributed by atoms with Crippen LogP contribution in [0.25, 0.3) is 11.1 Å². The smallest absolute Gasteiger partial charge is 0.200 e. The molecule has 0 spiro atoms. The molecule has 1 aromatic heterocycles. The van der Waals surface area contributed by atoms with E-state index in [0.717, 1.165) is 30.1 Å². The van der Waals surface area contributed by atoms with E-state index >= 15 is 0 Å². The normalized spacial score (nSPS) is 24.6. The molecule has 17 heavy (non-hydrogen) atoms. The fourth-order valence-electron chi connectivity index (χ4n) is 2.69. The second kappa shape index (κ2) is 3.84. The lowest BCUT2D eigenvalue weighted by Crippen LogP contribution is -2.08. The summed E-state index contributed by atoms with van der Waals surface area (Å²) in [4.78, 5) is 4.66. The zero-order valence-electron chi connectivity index (χ0n) is 10.6. The third-order valence-corrected chi connectivity index (χ3v) is 3.67. The Labute approximate surface area is 101 Å². The third-order valence-electron chi connectivity index (χ3n) is 3.67. The van der Waals surface area contributed by atoms with Crippen molar-refractivity contribution < 1.29 is 4.42 Å². The summed E-state index contributed by atoms with van der Waals surface area (Å²) < 4.78 is 5.96. The van der Waals surface area contributed by atoms with Gasteiger partial charge in [-0.3, -0.25) is 0 Å². The number of fused-ring (bicyclic) bond motifs is 1. The molecule has 1 aromatic carbocycles. The van der Waals surface area contributed by atoms with E-state index in [2.05, 4.69) is 43.2 Å². The van der Waals surface area contributed by atoms with E-state index in [1.54, 1.807) is 0 Å². The van der Waals surface area contributed by atoms with Crippen molar-refractivity contribution in [2.75, 3.05) is 13.1 Å². The first-order valence-electron chi connectivity index (χ1n) is 6.23. The van der Waals surface area contributed by atoms with Crippen LogP contribution in [0.3, 0.4) is 0 Å². The average molecular weight is 230 g/mol. The summed E-state index contributed by atoms with van der Waals surface area (Å²) in [7, 11) is 0. The molecule has 2 aromatic rings. The lowest BCUT2D eigenvalue weighted by atomic mass is 9.98. The molecule has 0 bridgehead atoms. The maximum atomic E-state index is 5.96. The number of oxazole rings is 1. The highest BCUT2D eigenvalue weighted by atomic mass is 16.3. The molecule has 0 radical (unpaired) electrons. The summed E-state index contributed by atoms with van der Waals surface area (Å²) in [5, 5.41) is 3.39. The van der Waals surface area contributed by atoms with Crippen LogP contribution in [-0.4, -0.2) is 18.1 Å². The van der Waals surface area contributed by atoms with Gasteiger partial charge in [0.15, 0.2) is 11.5 Å². The van der Waals surface area contributed by atoms with Crippen molar-refractivity contribution in [3.05, 3.63) is 29.2 Å². The number of benzene rings is 1. The van der Waals surface area contributed by atoms with Gasteiger partial charge in [0.25, 0.3) is 0 Å². The number of nitrogens with zero attached hydrogens (tertiary/aromatic N) is 1. The lowest BCUT2D eigenvalue weighted by Gasteiger charge is -2.08. The quantitative estimate of drug-likeness (QED) is 0.818. The van der Waals surface area contributed by atoms with E-state index in [0.29, 0.717) is 11.8 Å². The number of aromatic nitrogens is 1. The summed E-state index contributed by atoms with van der Waals surface area (Å²) in [6.45, 7) is 8.46. The second-order valence-corrected chi connectivity index (χ2v) is 5.22. The van der Waals surface area contributed by atoms with Gasteiger partial charge in [0.2, 0.25) is 0 Å². The molecular weight excluding hydrogens is 212 g/mol. The molecule has 3 heteroatoms. The molecule has 3 nitrogen and oxygen atoms in total. The van der Waals surface area contributed by atoms with Crippen LogP contribution >= 0.6 is 0 Å². The van der Waals surface area contributed by atoms with Crippen LogP contribution < -0.4 is 5.32 Å². The maximum absolute atomic E-state index is 5.96. The van der Waals surface area contributed by atoms with E-state index in [1.165, 1.54) is 11.1 Å². The molecule has 2 atom stereocenters. The molecule has 90 valence electrons. The van der Waals surface area contributed by atoms with Gasteiger partial charge < -0.3 is 9.73 Å². The highest BCUT2D eigenvalue weighted by Crippen LogP contribution is 2.31. The Balaban J connectivity index is 2.10. The van der Waals surface area contributed by atoms with Crippen molar-refractivity contribution in [3.8, 4) is 0 Å². The van der Waals surface area contributed by atoms with Crippen LogP contribution in [0, 0.1) is 19.8 Å². The molecular formula is C14H18N2O. The summed E-state index contributed by atoms with van der Waals surface area (Å²) in [6, 6.07) is 4.25. The molecule has 1 aliphatic rings. The summed E-state index contributed by atoms with van der Waals surface area (Å²) in [6.07, 6.45) is 0. The molecule has 1 aliphatic heterocycles. The monoisotopic (exact) mass is 230 g/mol. The number of rotatable bonds is 1. The Kier molecular flexibility index (Phi) is 2.44. The van der Waals surface area contributed by atoms with Crippen LogP contribution in [0.15, 0.2) is 16.5 Å². The van der Waals surface area contributed by atoms with Gasteiger partial charge in [0, 0.05) is 6.54 Å². The van der Waals surface area contributed by atoms with Gasteiger partial charge >= 0.3 is 0 Å². The summed E-state index contributed by atoms with van der Waals surface area (Å²) in [5.41, 5.74) is 4.37.